The fourth-order valence-corrected chi connectivity index (χ4v) is 7.16. The molecule has 0 aromatic rings. The molecule has 0 spiro atoms. The van der Waals surface area contributed by atoms with E-state index in [9.17, 15) is 29.4 Å². The number of rotatable bonds is 6. The number of hydrogen-bond acceptors (Lipinski definition) is 5. The quantitative estimate of drug-likeness (QED) is 0.293. The van der Waals surface area contributed by atoms with Gasteiger partial charge >= 0.3 is 11.9 Å². The van der Waals surface area contributed by atoms with Gasteiger partial charge in [0.15, 0.2) is 0 Å². The third-order valence-corrected chi connectivity index (χ3v) is 9.25. The maximum Gasteiger partial charge on any atom is 0.310 e. The molecular formula is C30H43NO7. The molecule has 6 aliphatic rings. The highest BCUT2D eigenvalue weighted by atomic mass is 16.4. The number of nitrogens with one attached hydrogen (secondary N) is 1. The van der Waals surface area contributed by atoms with Crippen molar-refractivity contribution >= 4 is 23.8 Å². The van der Waals surface area contributed by atoms with Crippen molar-refractivity contribution in [1.29, 1.82) is 0 Å². The zero-order valence-corrected chi connectivity index (χ0v) is 23.0. The number of aliphatic carboxylic acids is 2. The van der Waals surface area contributed by atoms with Crippen LogP contribution in [0.15, 0.2) is 36.0 Å². The number of allylic oxidation sites excluding steroid dienone is 4. The van der Waals surface area contributed by atoms with Gasteiger partial charge in [0.2, 0.25) is 0 Å². The SMILES string of the molecule is CC(C)(C)C1(C(=O)O)CC2C=CC1C2.CCCC1=CC(=O)NC1=O.O=C(O)C1(CCO)CC2C=CC1CC2. The second-order valence-electron chi connectivity index (χ2n) is 12.4. The lowest BCUT2D eigenvalue weighted by atomic mass is 9.58. The molecule has 1 aliphatic heterocycles. The Balaban J connectivity index is 0.000000161. The number of carboxylic acid groups (broad SMARTS) is 2. The molecule has 6 rings (SSSR count). The minimum atomic E-state index is -0.731. The number of fused-ring (bicyclic) bond motifs is 4. The van der Waals surface area contributed by atoms with Crippen molar-refractivity contribution in [3.63, 3.8) is 0 Å². The van der Waals surface area contributed by atoms with E-state index in [0.717, 1.165) is 32.1 Å². The van der Waals surface area contributed by atoms with E-state index in [1.807, 2.05) is 13.0 Å². The first kappa shape index (κ1) is 29.8. The molecule has 5 aliphatic carbocycles. The fraction of sp³-hybridized carbons (Fsp3) is 0.667. The Morgan fingerprint density at radius 1 is 0.974 bits per heavy atom. The summed E-state index contributed by atoms with van der Waals surface area (Å²) in [7, 11) is 0. The highest BCUT2D eigenvalue weighted by molar-refractivity contribution is 6.16. The molecule has 2 fully saturated rings. The lowest BCUT2D eigenvalue weighted by molar-refractivity contribution is -0.159. The molecule has 8 heteroatoms. The van der Waals surface area contributed by atoms with Gasteiger partial charge < -0.3 is 15.3 Å². The van der Waals surface area contributed by atoms with Gasteiger partial charge in [-0.2, -0.15) is 0 Å². The van der Waals surface area contributed by atoms with Gasteiger partial charge in [0.25, 0.3) is 11.8 Å². The molecular weight excluding hydrogens is 486 g/mol. The van der Waals surface area contributed by atoms with E-state index < -0.39 is 22.8 Å². The smallest absolute Gasteiger partial charge is 0.310 e. The second-order valence-corrected chi connectivity index (χ2v) is 12.4. The monoisotopic (exact) mass is 529 g/mol. The van der Waals surface area contributed by atoms with E-state index in [1.165, 1.54) is 6.08 Å². The van der Waals surface area contributed by atoms with Crippen LogP contribution in [0.5, 0.6) is 0 Å². The standard InChI is InChI=1S/C12H18O2.C11H16O3.C7H9NO2/c1-11(2,3)12(10(13)14)7-8-4-5-9(12)6-8;12-6-5-11(10(13)14)7-8-1-3-9(11)4-2-8;1-2-3-5-4-6(9)8-7(5)10/h4-5,8-9H,6-7H2,1-3H3,(H,13,14);1,3,8-9,12H,2,4-7H2,(H,13,14);4H,2-3H2,1H3,(H,8,9,10). The summed E-state index contributed by atoms with van der Waals surface area (Å²) in [6.45, 7) is 8.10. The molecule has 2 amide bonds. The van der Waals surface area contributed by atoms with Gasteiger partial charge in [-0.25, -0.2) is 0 Å². The van der Waals surface area contributed by atoms with E-state index >= 15 is 0 Å². The molecule has 0 aromatic heterocycles. The Hall–Kier alpha value is -2.74. The summed E-state index contributed by atoms with van der Waals surface area (Å²) in [6, 6.07) is 0. The maximum atomic E-state index is 11.5. The van der Waals surface area contributed by atoms with Crippen LogP contribution in [0, 0.1) is 39.9 Å². The summed E-state index contributed by atoms with van der Waals surface area (Å²) in [5.41, 5.74) is -0.741. The first-order valence-electron chi connectivity index (χ1n) is 13.8. The Kier molecular flexibility index (Phi) is 9.07. The summed E-state index contributed by atoms with van der Waals surface area (Å²) in [5, 5.41) is 29.9. The predicted molar refractivity (Wildman–Crippen MR) is 143 cm³/mol. The van der Waals surface area contributed by atoms with Crippen LogP contribution in [0.2, 0.25) is 0 Å². The van der Waals surface area contributed by atoms with Crippen LogP contribution in [0.25, 0.3) is 0 Å². The number of aliphatic hydroxyl groups is 1. The van der Waals surface area contributed by atoms with Crippen LogP contribution < -0.4 is 5.32 Å². The van der Waals surface area contributed by atoms with Crippen LogP contribution in [0.3, 0.4) is 0 Å². The van der Waals surface area contributed by atoms with Gasteiger partial charge in [-0.1, -0.05) is 58.4 Å². The number of imide groups is 1. The first-order valence-corrected chi connectivity index (χ1v) is 13.8. The van der Waals surface area contributed by atoms with Crippen LogP contribution >= 0.6 is 0 Å². The highest BCUT2D eigenvalue weighted by Gasteiger charge is 2.59. The zero-order valence-electron chi connectivity index (χ0n) is 23.0. The van der Waals surface area contributed by atoms with Crippen molar-refractivity contribution in [3.8, 4) is 0 Å². The van der Waals surface area contributed by atoms with Crippen molar-refractivity contribution in [2.45, 2.75) is 79.1 Å². The third kappa shape index (κ3) is 5.65. The predicted octanol–water partition coefficient (Wildman–Crippen LogP) is 4.49. The molecule has 6 atom stereocenters. The Morgan fingerprint density at radius 3 is 1.95 bits per heavy atom. The zero-order chi connectivity index (χ0) is 28.3. The van der Waals surface area contributed by atoms with E-state index in [2.05, 4.69) is 44.3 Å². The Bertz CT molecular complexity index is 1040. The van der Waals surface area contributed by atoms with Gasteiger partial charge in [0.05, 0.1) is 10.8 Å². The summed E-state index contributed by atoms with van der Waals surface area (Å²) in [4.78, 5) is 44.1. The number of hydrogen-bond donors (Lipinski definition) is 4. The Morgan fingerprint density at radius 2 is 1.63 bits per heavy atom. The molecule has 4 bridgehead atoms. The van der Waals surface area contributed by atoms with E-state index in [4.69, 9.17) is 5.11 Å². The lowest BCUT2D eigenvalue weighted by Crippen LogP contribution is -2.46. The molecule has 6 unspecified atom stereocenters. The van der Waals surface area contributed by atoms with Crippen molar-refractivity contribution in [2.24, 2.45) is 39.9 Å². The second kappa shape index (κ2) is 11.6. The minimum absolute atomic E-state index is 0.0244. The highest BCUT2D eigenvalue weighted by Crippen LogP contribution is 2.60. The third-order valence-electron chi connectivity index (χ3n) is 9.25. The van der Waals surface area contributed by atoms with Gasteiger partial charge in [-0.3, -0.25) is 24.5 Å². The molecule has 210 valence electrons. The number of carbonyl (C=O) groups is 4. The average Bonchev–Trinajstić information content (AvgIpc) is 3.56. The summed E-state index contributed by atoms with van der Waals surface area (Å²) in [5.74, 6) is -0.534. The number of aliphatic hydroxyl groups excluding tert-OH is 1. The molecule has 0 radical (unpaired) electrons. The van der Waals surface area contributed by atoms with Gasteiger partial charge in [-0.15, -0.1) is 0 Å². The average molecular weight is 530 g/mol. The van der Waals surface area contributed by atoms with Gasteiger partial charge in [-0.05, 0) is 74.0 Å². The van der Waals surface area contributed by atoms with Crippen molar-refractivity contribution in [2.75, 3.05) is 6.61 Å². The van der Waals surface area contributed by atoms with Gasteiger partial charge in [0, 0.05) is 18.3 Å². The van der Waals surface area contributed by atoms with Crippen molar-refractivity contribution < 1.29 is 34.5 Å². The van der Waals surface area contributed by atoms with Crippen molar-refractivity contribution in [1.82, 2.24) is 5.32 Å². The molecule has 1 heterocycles. The van der Waals surface area contributed by atoms with Crippen LogP contribution in [0.4, 0.5) is 0 Å². The van der Waals surface area contributed by atoms with E-state index in [1.54, 1.807) is 0 Å². The molecule has 38 heavy (non-hydrogen) atoms. The van der Waals surface area contributed by atoms with E-state index in [-0.39, 0.29) is 35.7 Å². The fourth-order valence-electron chi connectivity index (χ4n) is 7.16. The number of amides is 2. The topological polar surface area (TPSA) is 141 Å². The summed E-state index contributed by atoms with van der Waals surface area (Å²) < 4.78 is 0. The molecule has 0 aromatic carbocycles. The first-order chi connectivity index (χ1) is 17.8. The van der Waals surface area contributed by atoms with Crippen molar-refractivity contribution in [3.05, 3.63) is 36.0 Å². The van der Waals surface area contributed by atoms with Crippen LogP contribution in [0.1, 0.15) is 79.1 Å². The molecule has 8 nitrogen and oxygen atoms in total. The normalized spacial score (nSPS) is 34.2. The van der Waals surface area contributed by atoms with E-state index in [0.29, 0.717) is 36.7 Å². The Labute approximate surface area is 225 Å². The van der Waals surface area contributed by atoms with Crippen LogP contribution in [-0.2, 0) is 19.2 Å². The largest absolute Gasteiger partial charge is 0.481 e. The van der Waals surface area contributed by atoms with Crippen LogP contribution in [-0.4, -0.2) is 45.7 Å². The lowest BCUT2D eigenvalue weighted by Gasteiger charge is -2.45. The minimum Gasteiger partial charge on any atom is -0.481 e. The molecule has 2 saturated carbocycles. The molecule has 4 N–H and O–H groups in total. The summed E-state index contributed by atoms with van der Waals surface area (Å²) >= 11 is 0. The number of carbonyl (C=O) groups excluding carboxylic acids is 2. The summed E-state index contributed by atoms with van der Waals surface area (Å²) in [6.07, 6.45) is 16.5. The van der Waals surface area contributed by atoms with Gasteiger partial charge in [0.1, 0.15) is 0 Å². The maximum absolute atomic E-state index is 11.5. The number of carboxylic acids is 2. The molecule has 0 saturated heterocycles.